The van der Waals surface area contributed by atoms with E-state index in [0.717, 1.165) is 6.42 Å². The third-order valence-electron chi connectivity index (χ3n) is 4.78. The summed E-state index contributed by atoms with van der Waals surface area (Å²) in [6, 6.07) is 3.32. The fraction of sp³-hybridized carbons (Fsp3) is 0.524. The Morgan fingerprint density at radius 3 is 1.52 bits per heavy atom. The van der Waals surface area contributed by atoms with E-state index in [2.05, 4.69) is 21.3 Å². The van der Waals surface area contributed by atoms with Gasteiger partial charge in [0.1, 0.15) is 0 Å². The van der Waals surface area contributed by atoms with E-state index < -0.39 is 23.8 Å². The summed E-state index contributed by atoms with van der Waals surface area (Å²) in [4.78, 5) is 49.1. The van der Waals surface area contributed by atoms with E-state index in [1.165, 1.54) is 18.2 Å². The summed E-state index contributed by atoms with van der Waals surface area (Å²) in [5, 5.41) is 28.0. The van der Waals surface area contributed by atoms with Crippen molar-refractivity contribution in [3.63, 3.8) is 0 Å². The number of aliphatic hydroxyl groups is 2. The standard InChI is InChI=1S/C21H33N5O6.ClH/c1-3-13(2)17(22)21(32)24-5-4-23-18(29)14-10-15(19(30)25-6-8-27)12-16(11-14)20(31)26-7-9-28;/h10-13,17,27-28H,3-9,22H2,1-2H3,(H,23,29)(H,24,32)(H,25,30)(H,26,31);1H/t13-,17-;/m0./s1. The summed E-state index contributed by atoms with van der Waals surface area (Å²) in [7, 11) is 0. The molecule has 0 aliphatic carbocycles. The lowest BCUT2D eigenvalue weighted by molar-refractivity contribution is -0.123. The number of amides is 4. The molecule has 0 aliphatic rings. The van der Waals surface area contributed by atoms with E-state index in [0.29, 0.717) is 0 Å². The summed E-state index contributed by atoms with van der Waals surface area (Å²) in [6.45, 7) is 3.60. The van der Waals surface area contributed by atoms with Crippen LogP contribution in [0, 0.1) is 5.92 Å². The van der Waals surface area contributed by atoms with Gasteiger partial charge in [0, 0.05) is 42.9 Å². The van der Waals surface area contributed by atoms with Crippen LogP contribution >= 0.6 is 12.4 Å². The molecule has 0 unspecified atom stereocenters. The average Bonchev–Trinajstić information content (AvgIpc) is 2.81. The first-order valence-corrected chi connectivity index (χ1v) is 10.5. The summed E-state index contributed by atoms with van der Waals surface area (Å²) in [5.74, 6) is -1.94. The van der Waals surface area contributed by atoms with Crippen molar-refractivity contribution in [3.05, 3.63) is 34.9 Å². The van der Waals surface area contributed by atoms with Crippen LogP contribution in [0.2, 0.25) is 0 Å². The summed E-state index contributed by atoms with van der Waals surface area (Å²) >= 11 is 0. The highest BCUT2D eigenvalue weighted by atomic mass is 35.5. The van der Waals surface area contributed by atoms with Crippen LogP contribution in [0.25, 0.3) is 0 Å². The van der Waals surface area contributed by atoms with Crippen molar-refractivity contribution in [1.82, 2.24) is 21.3 Å². The number of aliphatic hydroxyl groups excluding tert-OH is 2. The molecule has 0 aliphatic heterocycles. The lowest BCUT2D eigenvalue weighted by Gasteiger charge is -2.17. The van der Waals surface area contributed by atoms with E-state index in [9.17, 15) is 19.2 Å². The third-order valence-corrected chi connectivity index (χ3v) is 4.78. The second-order valence-electron chi connectivity index (χ2n) is 7.22. The highest BCUT2D eigenvalue weighted by Crippen LogP contribution is 2.11. The lowest BCUT2D eigenvalue weighted by atomic mass is 9.99. The molecule has 0 bridgehead atoms. The minimum Gasteiger partial charge on any atom is -0.395 e. The topological polar surface area (TPSA) is 183 Å². The molecule has 1 aromatic carbocycles. The SMILES string of the molecule is CC[C@H](C)[C@H](N)C(=O)NCCNC(=O)c1cc(C(=O)NCCO)cc(C(=O)NCCO)c1.Cl. The predicted molar refractivity (Wildman–Crippen MR) is 125 cm³/mol. The minimum absolute atomic E-state index is 0. The molecule has 0 aromatic heterocycles. The van der Waals surface area contributed by atoms with Crippen LogP contribution in [-0.4, -0.2) is 79.3 Å². The molecule has 0 saturated heterocycles. The first-order valence-electron chi connectivity index (χ1n) is 10.5. The van der Waals surface area contributed by atoms with E-state index >= 15 is 0 Å². The van der Waals surface area contributed by atoms with Crippen molar-refractivity contribution in [3.8, 4) is 0 Å². The van der Waals surface area contributed by atoms with Gasteiger partial charge in [0.2, 0.25) is 5.91 Å². The summed E-state index contributed by atoms with van der Waals surface area (Å²) < 4.78 is 0. The van der Waals surface area contributed by atoms with Gasteiger partial charge in [-0.15, -0.1) is 12.4 Å². The highest BCUT2D eigenvalue weighted by Gasteiger charge is 2.19. The number of nitrogens with two attached hydrogens (primary N) is 1. The number of halogens is 1. The van der Waals surface area contributed by atoms with Gasteiger partial charge in [0.15, 0.2) is 0 Å². The molecule has 33 heavy (non-hydrogen) atoms. The van der Waals surface area contributed by atoms with Crippen molar-refractivity contribution in [2.45, 2.75) is 26.3 Å². The summed E-state index contributed by atoms with van der Waals surface area (Å²) in [5.41, 5.74) is 6.05. The molecule has 4 amide bonds. The number of carbonyl (C=O) groups is 4. The Morgan fingerprint density at radius 2 is 1.15 bits per heavy atom. The van der Waals surface area contributed by atoms with Gasteiger partial charge < -0.3 is 37.2 Å². The van der Waals surface area contributed by atoms with Gasteiger partial charge in [-0.1, -0.05) is 20.3 Å². The third kappa shape index (κ3) is 10.2. The molecular weight excluding hydrogens is 454 g/mol. The largest absolute Gasteiger partial charge is 0.395 e. The Balaban J connectivity index is 0.0000102. The first-order chi connectivity index (χ1) is 15.2. The molecule has 0 spiro atoms. The molecule has 1 rings (SSSR count). The monoisotopic (exact) mass is 487 g/mol. The number of benzene rings is 1. The molecule has 12 heteroatoms. The fourth-order valence-corrected chi connectivity index (χ4v) is 2.66. The average molecular weight is 488 g/mol. The number of nitrogens with one attached hydrogen (secondary N) is 4. The van der Waals surface area contributed by atoms with Crippen molar-refractivity contribution in [2.75, 3.05) is 39.4 Å². The zero-order valence-corrected chi connectivity index (χ0v) is 19.7. The molecular formula is C21H34ClN5O6. The van der Waals surface area contributed by atoms with Crippen LogP contribution < -0.4 is 27.0 Å². The number of carbonyl (C=O) groups excluding carboxylic acids is 4. The molecule has 2 atom stereocenters. The fourth-order valence-electron chi connectivity index (χ4n) is 2.66. The Kier molecular flexibility index (Phi) is 14.7. The molecule has 8 N–H and O–H groups in total. The zero-order chi connectivity index (χ0) is 24.1. The van der Waals surface area contributed by atoms with Gasteiger partial charge in [0.25, 0.3) is 17.7 Å². The molecule has 0 fully saturated rings. The second-order valence-corrected chi connectivity index (χ2v) is 7.22. The van der Waals surface area contributed by atoms with Crippen LogP contribution in [0.15, 0.2) is 18.2 Å². The van der Waals surface area contributed by atoms with Gasteiger partial charge in [-0.3, -0.25) is 19.2 Å². The Morgan fingerprint density at radius 1 is 0.788 bits per heavy atom. The number of hydrogen-bond acceptors (Lipinski definition) is 7. The van der Waals surface area contributed by atoms with E-state index in [-0.39, 0.29) is 80.3 Å². The highest BCUT2D eigenvalue weighted by molar-refractivity contribution is 6.04. The van der Waals surface area contributed by atoms with Crippen molar-refractivity contribution in [1.29, 1.82) is 0 Å². The van der Waals surface area contributed by atoms with E-state index in [1.807, 2.05) is 13.8 Å². The van der Waals surface area contributed by atoms with E-state index in [4.69, 9.17) is 15.9 Å². The van der Waals surface area contributed by atoms with Crippen molar-refractivity contribution >= 4 is 36.0 Å². The van der Waals surface area contributed by atoms with Crippen LogP contribution in [0.4, 0.5) is 0 Å². The molecule has 0 heterocycles. The molecule has 0 radical (unpaired) electrons. The van der Waals surface area contributed by atoms with Gasteiger partial charge in [-0.2, -0.15) is 0 Å². The predicted octanol–water partition coefficient (Wildman–Crippen LogP) is -1.23. The first kappa shape index (κ1) is 30.3. The molecule has 0 saturated carbocycles. The van der Waals surface area contributed by atoms with Gasteiger partial charge >= 0.3 is 0 Å². The van der Waals surface area contributed by atoms with Crippen LogP contribution in [0.5, 0.6) is 0 Å². The normalized spacial score (nSPS) is 12.0. The number of rotatable bonds is 13. The Bertz CT molecular complexity index is 769. The maximum absolute atomic E-state index is 12.6. The quantitative estimate of drug-likeness (QED) is 0.170. The van der Waals surface area contributed by atoms with Crippen molar-refractivity contribution < 1.29 is 29.4 Å². The van der Waals surface area contributed by atoms with Crippen LogP contribution in [0.3, 0.4) is 0 Å². The molecule has 186 valence electrons. The lowest BCUT2D eigenvalue weighted by Crippen LogP contribution is -2.46. The summed E-state index contributed by atoms with van der Waals surface area (Å²) in [6.07, 6.45) is 0.766. The Labute approximate surface area is 199 Å². The maximum Gasteiger partial charge on any atom is 0.251 e. The molecule has 11 nitrogen and oxygen atoms in total. The van der Waals surface area contributed by atoms with Crippen LogP contribution in [0.1, 0.15) is 51.3 Å². The van der Waals surface area contributed by atoms with Gasteiger partial charge in [-0.05, 0) is 24.1 Å². The second kappa shape index (κ2) is 16.0. The number of hydrogen-bond donors (Lipinski definition) is 7. The van der Waals surface area contributed by atoms with Gasteiger partial charge in [0.05, 0.1) is 19.3 Å². The minimum atomic E-state index is -0.634. The van der Waals surface area contributed by atoms with E-state index in [1.54, 1.807) is 0 Å². The van der Waals surface area contributed by atoms with Crippen LogP contribution in [-0.2, 0) is 4.79 Å². The zero-order valence-electron chi connectivity index (χ0n) is 18.8. The Hall–Kier alpha value is -2.73. The van der Waals surface area contributed by atoms with Crippen molar-refractivity contribution in [2.24, 2.45) is 11.7 Å². The molecule has 1 aromatic rings. The van der Waals surface area contributed by atoms with Gasteiger partial charge in [-0.25, -0.2) is 0 Å². The smallest absolute Gasteiger partial charge is 0.251 e. The maximum atomic E-state index is 12.6.